The van der Waals surface area contributed by atoms with Gasteiger partial charge in [0.2, 0.25) is 11.8 Å². The van der Waals surface area contributed by atoms with Crippen molar-refractivity contribution in [1.29, 1.82) is 5.41 Å². The van der Waals surface area contributed by atoms with Crippen LogP contribution in [-0.2, 0) is 14.4 Å². The molecule has 0 aliphatic carbocycles. The van der Waals surface area contributed by atoms with Gasteiger partial charge in [0.25, 0.3) is 0 Å². The molecule has 1 amide bonds. The number of morpholine rings is 1. The molecule has 2 heterocycles. The molecule has 4 N–H and O–H groups in total. The molecular formula is C26H27N5O3. The minimum Gasteiger partial charge on any atom is -0.391 e. The summed E-state index contributed by atoms with van der Waals surface area (Å²) < 4.78 is 5.30. The number of para-hydroxylation sites is 2. The summed E-state index contributed by atoms with van der Waals surface area (Å²) in [5, 5.41) is 10.5. The second-order valence-corrected chi connectivity index (χ2v) is 7.69. The number of carbonyl (C=O) groups is 1. The Hall–Kier alpha value is -4.01. The van der Waals surface area contributed by atoms with Gasteiger partial charge in [-0.2, -0.15) is 5.90 Å². The quantitative estimate of drug-likeness (QED) is 0.318. The van der Waals surface area contributed by atoms with Crippen molar-refractivity contribution >= 4 is 28.9 Å². The first kappa shape index (κ1) is 23.2. The van der Waals surface area contributed by atoms with Crippen molar-refractivity contribution in [2.45, 2.75) is 0 Å². The Balaban J connectivity index is 0.000000162. The maximum Gasteiger partial charge on any atom is 0.246 e. The van der Waals surface area contributed by atoms with E-state index in [-0.39, 0.29) is 18.3 Å². The molecule has 174 valence electrons. The molecule has 8 nitrogen and oxygen atoms in total. The largest absolute Gasteiger partial charge is 0.391 e. The summed E-state index contributed by atoms with van der Waals surface area (Å²) >= 11 is 0. The third-order valence-electron chi connectivity index (χ3n) is 5.50. The van der Waals surface area contributed by atoms with Gasteiger partial charge in [0.05, 0.1) is 30.2 Å². The Morgan fingerprint density at radius 3 is 2.41 bits per heavy atom. The molecule has 0 bridgehead atoms. The molecule has 1 fully saturated rings. The first-order valence-corrected chi connectivity index (χ1v) is 11.0. The van der Waals surface area contributed by atoms with Gasteiger partial charge in [-0.15, -0.1) is 0 Å². The highest BCUT2D eigenvalue weighted by Crippen LogP contribution is 2.23. The lowest BCUT2D eigenvalue weighted by molar-refractivity contribution is -0.114. The molecule has 0 unspecified atom stereocenters. The number of amides is 1. The van der Waals surface area contributed by atoms with Crippen LogP contribution in [0.3, 0.4) is 0 Å². The fourth-order valence-electron chi connectivity index (χ4n) is 3.88. The van der Waals surface area contributed by atoms with E-state index in [9.17, 15) is 4.79 Å². The molecule has 2 aliphatic heterocycles. The molecule has 0 aromatic heterocycles. The van der Waals surface area contributed by atoms with E-state index < -0.39 is 0 Å². The molecule has 3 aromatic rings. The lowest BCUT2D eigenvalue weighted by Gasteiger charge is -2.30. The van der Waals surface area contributed by atoms with Crippen LogP contribution in [-0.4, -0.2) is 50.4 Å². The van der Waals surface area contributed by atoms with E-state index in [1.165, 1.54) is 0 Å². The number of aliphatic imine (C=N–C) groups is 1. The van der Waals surface area contributed by atoms with Gasteiger partial charge < -0.3 is 19.8 Å². The van der Waals surface area contributed by atoms with Crippen LogP contribution in [0.1, 0.15) is 16.7 Å². The maximum atomic E-state index is 11.6. The van der Waals surface area contributed by atoms with Gasteiger partial charge in [0, 0.05) is 29.9 Å². The molecule has 0 spiro atoms. The lowest BCUT2D eigenvalue weighted by atomic mass is 10.0. The van der Waals surface area contributed by atoms with Crippen molar-refractivity contribution in [1.82, 2.24) is 0 Å². The van der Waals surface area contributed by atoms with Crippen molar-refractivity contribution in [3.63, 3.8) is 0 Å². The van der Waals surface area contributed by atoms with Crippen molar-refractivity contribution in [3.05, 3.63) is 95.6 Å². The molecule has 1 saturated heterocycles. The summed E-state index contributed by atoms with van der Waals surface area (Å²) in [4.78, 5) is 22.7. The fraction of sp³-hybridized carbons (Fsp3) is 0.192. The standard InChI is InChI=1S/C15H12N2O.C11H15N3O2/c18-14-10-16-15(11-6-2-1-3-7-11)12-8-4-5-9-13(12)17-14;12-11(16-13)9-3-1-2-4-10(9)14-5-7-15-8-6-14/h1-9H,10H2,(H,17,18);1-4,12H,5-8,13H2. The first-order chi connectivity index (χ1) is 16.7. The Kier molecular flexibility index (Phi) is 7.64. The summed E-state index contributed by atoms with van der Waals surface area (Å²) in [6.07, 6.45) is 0. The second kappa shape index (κ2) is 11.2. The zero-order chi connectivity index (χ0) is 23.8. The zero-order valence-electron chi connectivity index (χ0n) is 18.7. The minimum atomic E-state index is -0.0756. The number of fused-ring (bicyclic) bond motifs is 1. The Bertz CT molecular complexity index is 1170. The van der Waals surface area contributed by atoms with Gasteiger partial charge in [-0.05, 0) is 18.2 Å². The van der Waals surface area contributed by atoms with Gasteiger partial charge in [-0.1, -0.05) is 60.7 Å². The second-order valence-electron chi connectivity index (χ2n) is 7.69. The Labute approximate surface area is 198 Å². The molecule has 2 aliphatic rings. The number of ether oxygens (including phenoxy) is 1. The summed E-state index contributed by atoms with van der Waals surface area (Å²) in [5.74, 6) is 4.95. The third-order valence-corrected chi connectivity index (χ3v) is 5.50. The van der Waals surface area contributed by atoms with Crippen LogP contribution < -0.4 is 16.1 Å². The molecule has 0 saturated carbocycles. The number of carbonyl (C=O) groups excluding carboxylic acids is 1. The monoisotopic (exact) mass is 457 g/mol. The number of hydrogen-bond donors (Lipinski definition) is 3. The van der Waals surface area contributed by atoms with E-state index in [1.54, 1.807) is 0 Å². The number of anilines is 2. The number of benzene rings is 3. The average molecular weight is 458 g/mol. The van der Waals surface area contributed by atoms with E-state index >= 15 is 0 Å². The van der Waals surface area contributed by atoms with Crippen molar-refractivity contribution in [3.8, 4) is 0 Å². The SMILES string of the molecule is N=C(ON)c1ccccc1N1CCOCC1.O=C1CN=C(c2ccccc2)c2ccccc2N1. The number of hydrogen-bond acceptors (Lipinski definition) is 7. The van der Waals surface area contributed by atoms with Crippen molar-refractivity contribution < 1.29 is 14.4 Å². The van der Waals surface area contributed by atoms with E-state index in [0.717, 1.165) is 41.3 Å². The smallest absolute Gasteiger partial charge is 0.246 e. The molecule has 34 heavy (non-hydrogen) atoms. The predicted molar refractivity (Wildman–Crippen MR) is 134 cm³/mol. The zero-order valence-corrected chi connectivity index (χ0v) is 18.7. The molecule has 0 atom stereocenters. The summed E-state index contributed by atoms with van der Waals surface area (Å²) in [6, 6.07) is 25.3. The summed E-state index contributed by atoms with van der Waals surface area (Å²) in [7, 11) is 0. The molecule has 0 radical (unpaired) electrons. The number of nitrogens with one attached hydrogen (secondary N) is 2. The topological polar surface area (TPSA) is 113 Å². The van der Waals surface area contributed by atoms with Crippen molar-refractivity contribution in [2.75, 3.05) is 43.1 Å². The van der Waals surface area contributed by atoms with E-state index in [1.807, 2.05) is 78.9 Å². The average Bonchev–Trinajstić information content (AvgIpc) is 3.07. The molecule has 3 aromatic carbocycles. The van der Waals surface area contributed by atoms with Crippen LogP contribution in [0.15, 0.2) is 83.9 Å². The highest BCUT2D eigenvalue weighted by Gasteiger charge is 2.18. The summed E-state index contributed by atoms with van der Waals surface area (Å²) in [5.41, 5.74) is 5.37. The Morgan fingerprint density at radius 1 is 0.971 bits per heavy atom. The van der Waals surface area contributed by atoms with Gasteiger partial charge in [-0.3, -0.25) is 15.2 Å². The number of benzodiazepines with no additional fused rings is 1. The third kappa shape index (κ3) is 5.48. The molecule has 5 rings (SSSR count). The number of nitrogens with zero attached hydrogens (tertiary/aromatic N) is 2. The van der Waals surface area contributed by atoms with Gasteiger partial charge in [0.15, 0.2) is 0 Å². The summed E-state index contributed by atoms with van der Waals surface area (Å²) in [6.45, 7) is 3.25. The van der Waals surface area contributed by atoms with E-state index in [4.69, 9.17) is 16.0 Å². The van der Waals surface area contributed by atoms with Crippen LogP contribution in [0.2, 0.25) is 0 Å². The van der Waals surface area contributed by atoms with Crippen LogP contribution in [0.25, 0.3) is 0 Å². The van der Waals surface area contributed by atoms with Crippen LogP contribution in [0.5, 0.6) is 0 Å². The van der Waals surface area contributed by atoms with E-state index in [2.05, 4.69) is 20.0 Å². The van der Waals surface area contributed by atoms with E-state index in [0.29, 0.717) is 18.8 Å². The molecular weight excluding hydrogens is 430 g/mol. The lowest BCUT2D eigenvalue weighted by Crippen LogP contribution is -2.37. The highest BCUT2D eigenvalue weighted by atomic mass is 16.6. The number of nitrogens with two attached hydrogens (primary N) is 1. The Morgan fingerprint density at radius 2 is 1.65 bits per heavy atom. The van der Waals surface area contributed by atoms with Gasteiger partial charge in [0.1, 0.15) is 6.54 Å². The fourth-order valence-corrected chi connectivity index (χ4v) is 3.88. The van der Waals surface area contributed by atoms with Crippen molar-refractivity contribution in [2.24, 2.45) is 10.9 Å². The first-order valence-electron chi connectivity index (χ1n) is 11.0. The van der Waals surface area contributed by atoms with Crippen LogP contribution in [0.4, 0.5) is 11.4 Å². The number of rotatable bonds is 3. The van der Waals surface area contributed by atoms with Crippen LogP contribution >= 0.6 is 0 Å². The maximum absolute atomic E-state index is 11.6. The van der Waals surface area contributed by atoms with Gasteiger partial charge >= 0.3 is 0 Å². The normalized spacial score (nSPS) is 15.0. The predicted octanol–water partition coefficient (Wildman–Crippen LogP) is 3.21. The highest BCUT2D eigenvalue weighted by molar-refractivity contribution is 6.19. The van der Waals surface area contributed by atoms with Crippen LogP contribution in [0, 0.1) is 5.41 Å². The molecule has 8 heteroatoms. The minimum absolute atomic E-state index is 0.0120. The van der Waals surface area contributed by atoms with Gasteiger partial charge in [-0.25, -0.2) is 0 Å².